The Kier molecular flexibility index (Phi) is 3.73. The first-order chi connectivity index (χ1) is 10.4. The Morgan fingerprint density at radius 2 is 2.23 bits per heavy atom. The fourth-order valence-corrected chi connectivity index (χ4v) is 3.03. The van der Waals surface area contributed by atoms with E-state index in [-0.39, 0.29) is 5.54 Å². The normalized spacial score (nSPS) is 23.8. The van der Waals surface area contributed by atoms with Crippen molar-refractivity contribution in [2.75, 3.05) is 13.1 Å². The lowest BCUT2D eigenvalue weighted by Crippen LogP contribution is -2.46. The molecule has 0 aliphatic carbocycles. The predicted octanol–water partition coefficient (Wildman–Crippen LogP) is 0.635. The van der Waals surface area contributed by atoms with Gasteiger partial charge in [0.15, 0.2) is 0 Å². The number of likely N-dealkylation sites (tertiary alicyclic amines) is 1. The Hall–Kier alpha value is -1.80. The van der Waals surface area contributed by atoms with Crippen LogP contribution in [0.3, 0.4) is 0 Å². The summed E-state index contributed by atoms with van der Waals surface area (Å²) in [7, 11) is 0. The van der Waals surface area contributed by atoms with E-state index < -0.39 is 5.60 Å². The van der Waals surface area contributed by atoms with Crippen molar-refractivity contribution in [1.29, 1.82) is 0 Å². The van der Waals surface area contributed by atoms with E-state index in [1.165, 1.54) is 0 Å². The number of aromatic amines is 1. The lowest BCUT2D eigenvalue weighted by molar-refractivity contribution is -0.0425. The average molecular weight is 305 g/mol. The van der Waals surface area contributed by atoms with Crippen LogP contribution in [0.25, 0.3) is 0 Å². The van der Waals surface area contributed by atoms with Crippen molar-refractivity contribution in [3.05, 3.63) is 24.0 Å². The summed E-state index contributed by atoms with van der Waals surface area (Å²) < 4.78 is 1.94. The lowest BCUT2D eigenvalue weighted by Gasteiger charge is -2.38. The maximum absolute atomic E-state index is 10.9. The smallest absolute Gasteiger partial charge is 0.141 e. The number of nitrogens with zero attached hydrogens (tertiary/aromatic N) is 6. The molecule has 2 aromatic rings. The zero-order valence-electron chi connectivity index (χ0n) is 13.3. The van der Waals surface area contributed by atoms with Crippen LogP contribution in [-0.2, 0) is 17.7 Å². The second-order valence-corrected chi connectivity index (χ2v) is 6.96. The van der Waals surface area contributed by atoms with Gasteiger partial charge in [0, 0.05) is 6.54 Å². The largest absolute Gasteiger partial charge is 0.382 e. The Balaban J connectivity index is 1.75. The molecule has 2 aromatic heterocycles. The quantitative estimate of drug-likeness (QED) is 0.864. The molecule has 0 amide bonds. The van der Waals surface area contributed by atoms with Crippen LogP contribution in [-0.4, -0.2) is 53.3 Å². The molecule has 8 heteroatoms. The fourth-order valence-electron chi connectivity index (χ4n) is 3.03. The SMILES string of the molecule is CC(C)(C)n1ncnc1CN1CCCC(O)(c2cn[nH]n2)C1. The maximum Gasteiger partial charge on any atom is 0.141 e. The van der Waals surface area contributed by atoms with Crippen LogP contribution in [0.15, 0.2) is 12.5 Å². The highest BCUT2D eigenvalue weighted by Gasteiger charge is 2.37. The third-order valence-electron chi connectivity index (χ3n) is 4.06. The van der Waals surface area contributed by atoms with Crippen molar-refractivity contribution < 1.29 is 5.11 Å². The highest BCUT2D eigenvalue weighted by Crippen LogP contribution is 2.30. The molecule has 8 nitrogen and oxygen atoms in total. The van der Waals surface area contributed by atoms with Gasteiger partial charge >= 0.3 is 0 Å². The van der Waals surface area contributed by atoms with Gasteiger partial charge in [0.25, 0.3) is 0 Å². The molecule has 1 aliphatic heterocycles. The molecule has 1 atom stereocenters. The van der Waals surface area contributed by atoms with E-state index in [0.29, 0.717) is 25.2 Å². The topological polar surface area (TPSA) is 95.8 Å². The van der Waals surface area contributed by atoms with E-state index in [2.05, 4.69) is 51.2 Å². The van der Waals surface area contributed by atoms with Crippen LogP contribution in [0.5, 0.6) is 0 Å². The predicted molar refractivity (Wildman–Crippen MR) is 79.8 cm³/mol. The molecule has 0 saturated carbocycles. The molecule has 0 aromatic carbocycles. The molecule has 1 unspecified atom stereocenters. The van der Waals surface area contributed by atoms with Crippen LogP contribution in [0, 0.1) is 0 Å². The summed E-state index contributed by atoms with van der Waals surface area (Å²) in [5.74, 6) is 0.914. The van der Waals surface area contributed by atoms with Crippen LogP contribution in [0.2, 0.25) is 0 Å². The molecule has 3 heterocycles. The first kappa shape index (κ1) is 15.1. The highest BCUT2D eigenvalue weighted by atomic mass is 16.3. The first-order valence-electron chi connectivity index (χ1n) is 7.59. The van der Waals surface area contributed by atoms with Crippen molar-refractivity contribution >= 4 is 0 Å². The molecule has 22 heavy (non-hydrogen) atoms. The standard InChI is InChI=1S/C14H23N7O/c1-13(2,3)21-12(15-10-17-21)8-20-6-4-5-14(22,9-20)11-7-16-19-18-11/h7,10,22H,4-6,8-9H2,1-3H3,(H,16,18,19). The molecule has 3 rings (SSSR count). The van der Waals surface area contributed by atoms with Crippen LogP contribution in [0.4, 0.5) is 0 Å². The number of hydrogen-bond acceptors (Lipinski definition) is 6. The minimum absolute atomic E-state index is 0.107. The maximum atomic E-state index is 10.9. The Labute approximate surface area is 129 Å². The van der Waals surface area contributed by atoms with Gasteiger partial charge in [-0.2, -0.15) is 20.5 Å². The van der Waals surface area contributed by atoms with E-state index in [4.69, 9.17) is 0 Å². The summed E-state index contributed by atoms with van der Waals surface area (Å²) in [6.07, 6.45) is 4.80. The van der Waals surface area contributed by atoms with Gasteiger partial charge in [0.1, 0.15) is 23.4 Å². The molecule has 1 saturated heterocycles. The summed E-state index contributed by atoms with van der Waals surface area (Å²) in [5.41, 5.74) is -0.448. The molecular weight excluding hydrogens is 282 g/mol. The number of aromatic nitrogens is 6. The summed E-state index contributed by atoms with van der Waals surface area (Å²) in [6, 6.07) is 0. The van der Waals surface area contributed by atoms with E-state index in [9.17, 15) is 5.11 Å². The second kappa shape index (κ2) is 5.44. The number of rotatable bonds is 3. The molecule has 1 aliphatic rings. The monoisotopic (exact) mass is 305 g/mol. The third kappa shape index (κ3) is 2.89. The van der Waals surface area contributed by atoms with Crippen LogP contribution < -0.4 is 0 Å². The number of β-amino-alcohol motifs (C(OH)–C–C–N with tert-alkyl or cyclic N) is 1. The molecule has 0 spiro atoms. The molecule has 1 fully saturated rings. The number of aliphatic hydroxyl groups is 1. The first-order valence-corrected chi connectivity index (χ1v) is 7.59. The summed E-state index contributed by atoms with van der Waals surface area (Å²) in [5, 5.41) is 25.6. The Bertz CT molecular complexity index is 615. The molecule has 120 valence electrons. The molecule has 0 radical (unpaired) electrons. The van der Waals surface area contributed by atoms with Crippen molar-refractivity contribution in [1.82, 2.24) is 35.1 Å². The van der Waals surface area contributed by atoms with Gasteiger partial charge < -0.3 is 5.11 Å². The van der Waals surface area contributed by atoms with Gasteiger partial charge in [0.05, 0.1) is 18.3 Å². The third-order valence-corrected chi connectivity index (χ3v) is 4.06. The van der Waals surface area contributed by atoms with Gasteiger partial charge in [-0.25, -0.2) is 9.67 Å². The van der Waals surface area contributed by atoms with Crippen molar-refractivity contribution in [3.63, 3.8) is 0 Å². The Morgan fingerprint density at radius 3 is 2.91 bits per heavy atom. The van der Waals surface area contributed by atoms with Crippen molar-refractivity contribution in [3.8, 4) is 0 Å². The zero-order valence-corrected chi connectivity index (χ0v) is 13.3. The fraction of sp³-hybridized carbons (Fsp3) is 0.714. The van der Waals surface area contributed by atoms with E-state index in [1.807, 2.05) is 4.68 Å². The van der Waals surface area contributed by atoms with Gasteiger partial charge in [-0.1, -0.05) is 0 Å². The summed E-state index contributed by atoms with van der Waals surface area (Å²) in [4.78, 5) is 6.58. The molecule has 0 bridgehead atoms. The van der Waals surface area contributed by atoms with Crippen molar-refractivity contribution in [2.45, 2.75) is 51.3 Å². The minimum atomic E-state index is -0.947. The number of H-pyrrole nitrogens is 1. The van der Waals surface area contributed by atoms with Gasteiger partial charge in [0.2, 0.25) is 0 Å². The average Bonchev–Trinajstić information content (AvgIpc) is 3.09. The van der Waals surface area contributed by atoms with Crippen molar-refractivity contribution in [2.24, 2.45) is 0 Å². The van der Waals surface area contributed by atoms with E-state index >= 15 is 0 Å². The van der Waals surface area contributed by atoms with E-state index in [0.717, 1.165) is 18.8 Å². The second-order valence-electron chi connectivity index (χ2n) is 6.96. The van der Waals surface area contributed by atoms with Crippen LogP contribution in [0.1, 0.15) is 45.1 Å². The summed E-state index contributed by atoms with van der Waals surface area (Å²) in [6.45, 7) is 8.43. The van der Waals surface area contributed by atoms with Crippen LogP contribution >= 0.6 is 0 Å². The molecule has 2 N–H and O–H groups in total. The number of hydrogen-bond donors (Lipinski definition) is 2. The summed E-state index contributed by atoms with van der Waals surface area (Å²) >= 11 is 0. The Morgan fingerprint density at radius 1 is 1.41 bits per heavy atom. The van der Waals surface area contributed by atoms with E-state index in [1.54, 1.807) is 12.5 Å². The highest BCUT2D eigenvalue weighted by molar-refractivity contribution is 5.09. The minimum Gasteiger partial charge on any atom is -0.382 e. The number of nitrogens with one attached hydrogen (secondary N) is 1. The molecular formula is C14H23N7O. The van der Waals surface area contributed by atoms with Gasteiger partial charge in [-0.3, -0.25) is 4.90 Å². The van der Waals surface area contributed by atoms with Gasteiger partial charge in [-0.15, -0.1) is 0 Å². The zero-order chi connectivity index (χ0) is 15.8. The number of piperidine rings is 1. The lowest BCUT2D eigenvalue weighted by atomic mass is 9.90. The van der Waals surface area contributed by atoms with Gasteiger partial charge in [-0.05, 0) is 40.2 Å².